The molecular weight excluding hydrogens is 148 g/mol. The Kier molecular flexibility index (Phi) is 2.58. The second-order valence-corrected chi connectivity index (χ2v) is 3.52. The average Bonchev–Trinajstić information content (AvgIpc) is 2.06. The molecule has 0 aliphatic rings. The van der Waals surface area contributed by atoms with Gasteiger partial charge in [-0.1, -0.05) is 6.07 Å². The molecule has 0 aliphatic heterocycles. The van der Waals surface area contributed by atoms with Gasteiger partial charge in [0, 0.05) is 12.1 Å². The maximum absolute atomic E-state index is 4.04. The summed E-state index contributed by atoms with van der Waals surface area (Å²) in [4.78, 5) is 4.04. The van der Waals surface area contributed by atoms with Crippen LogP contribution < -0.4 is 4.57 Å². The summed E-state index contributed by atoms with van der Waals surface area (Å²) in [5.41, 5.74) is -0.0774. The van der Waals surface area contributed by atoms with Crippen molar-refractivity contribution in [1.82, 2.24) is 0 Å². The van der Waals surface area contributed by atoms with Crippen molar-refractivity contribution in [3.05, 3.63) is 30.6 Å². The first-order valence-electron chi connectivity index (χ1n) is 4.06. The lowest BCUT2D eigenvalue weighted by molar-refractivity contribution is -0.702. The Balaban J connectivity index is 2.70. The number of aromatic nitrogens is 1. The lowest BCUT2D eigenvalue weighted by Crippen LogP contribution is -2.42. The van der Waals surface area contributed by atoms with E-state index in [1.807, 2.05) is 30.6 Å². The summed E-state index contributed by atoms with van der Waals surface area (Å²) < 4.78 is 2.11. The van der Waals surface area contributed by atoms with Crippen LogP contribution in [-0.2, 0) is 6.54 Å². The molecule has 0 atom stereocenters. The lowest BCUT2D eigenvalue weighted by atomic mass is 10.1. The first-order valence-corrected chi connectivity index (χ1v) is 4.06. The second-order valence-electron chi connectivity index (χ2n) is 3.52. The minimum absolute atomic E-state index is 0.0774. The van der Waals surface area contributed by atoms with Crippen LogP contribution in [0.2, 0.25) is 0 Å². The van der Waals surface area contributed by atoms with Gasteiger partial charge in [0.05, 0.1) is 0 Å². The predicted molar refractivity (Wildman–Crippen MR) is 50.3 cm³/mol. The smallest absolute Gasteiger partial charge is 0.172 e. The Hall–Kier alpha value is -1.18. The van der Waals surface area contributed by atoms with Crippen molar-refractivity contribution in [2.24, 2.45) is 4.99 Å². The fraction of sp³-hybridized carbons (Fsp3) is 0.400. The molecule has 1 aromatic rings. The molecule has 0 unspecified atom stereocenters. The van der Waals surface area contributed by atoms with E-state index in [4.69, 9.17) is 0 Å². The quantitative estimate of drug-likeness (QED) is 0.474. The van der Waals surface area contributed by atoms with E-state index in [2.05, 4.69) is 30.1 Å². The fourth-order valence-electron chi connectivity index (χ4n) is 1.04. The molecule has 1 aromatic heterocycles. The van der Waals surface area contributed by atoms with E-state index in [1.165, 1.54) is 0 Å². The zero-order valence-corrected chi connectivity index (χ0v) is 7.70. The molecule has 64 valence electrons. The highest BCUT2D eigenvalue weighted by Gasteiger charge is 2.19. The molecule has 0 N–H and O–H groups in total. The van der Waals surface area contributed by atoms with E-state index in [1.54, 1.807) is 0 Å². The van der Waals surface area contributed by atoms with Crippen LogP contribution in [-0.4, -0.2) is 12.3 Å². The van der Waals surface area contributed by atoms with Gasteiger partial charge in [0.1, 0.15) is 5.54 Å². The van der Waals surface area contributed by atoms with E-state index < -0.39 is 0 Å². The maximum atomic E-state index is 4.04. The van der Waals surface area contributed by atoms with Crippen molar-refractivity contribution in [3.8, 4) is 0 Å². The fourth-order valence-corrected chi connectivity index (χ4v) is 1.04. The highest BCUT2D eigenvalue weighted by Crippen LogP contribution is 2.06. The zero-order valence-electron chi connectivity index (χ0n) is 7.70. The minimum atomic E-state index is -0.0774. The Morgan fingerprint density at radius 1 is 1.25 bits per heavy atom. The molecule has 1 rings (SSSR count). The van der Waals surface area contributed by atoms with Gasteiger partial charge in [-0.15, -0.1) is 0 Å². The maximum Gasteiger partial charge on any atom is 0.172 e. The topological polar surface area (TPSA) is 16.2 Å². The Morgan fingerprint density at radius 3 is 2.33 bits per heavy atom. The second kappa shape index (κ2) is 3.48. The largest absolute Gasteiger partial charge is 0.288 e. The third-order valence-electron chi connectivity index (χ3n) is 1.77. The van der Waals surface area contributed by atoms with Gasteiger partial charge in [0.25, 0.3) is 0 Å². The van der Waals surface area contributed by atoms with Gasteiger partial charge in [-0.05, 0) is 20.6 Å². The molecule has 0 bridgehead atoms. The Bertz CT molecular complexity index is 252. The first-order chi connectivity index (χ1) is 5.64. The molecular formula is C10H15N2+. The predicted octanol–water partition coefficient (Wildman–Crippen LogP) is 1.45. The number of rotatable bonds is 3. The van der Waals surface area contributed by atoms with E-state index >= 15 is 0 Å². The number of aliphatic imine (C=N–C) groups is 1. The Labute approximate surface area is 73.6 Å². The van der Waals surface area contributed by atoms with E-state index in [-0.39, 0.29) is 5.54 Å². The minimum Gasteiger partial charge on any atom is -0.288 e. The monoisotopic (exact) mass is 163 g/mol. The summed E-state index contributed by atoms with van der Waals surface area (Å²) in [5.74, 6) is 0. The summed E-state index contributed by atoms with van der Waals surface area (Å²) in [5, 5.41) is 0. The summed E-state index contributed by atoms with van der Waals surface area (Å²) >= 11 is 0. The number of hydrogen-bond donors (Lipinski definition) is 0. The SMILES string of the molecule is C=NC(C)(C)C[n+]1ccccc1. The van der Waals surface area contributed by atoms with Crippen LogP contribution in [0.15, 0.2) is 35.6 Å². The summed E-state index contributed by atoms with van der Waals surface area (Å²) in [6, 6.07) is 6.03. The molecule has 0 spiro atoms. The molecule has 0 aromatic carbocycles. The molecule has 2 heteroatoms. The van der Waals surface area contributed by atoms with E-state index in [0.717, 1.165) is 6.54 Å². The van der Waals surface area contributed by atoms with Crippen LogP contribution >= 0.6 is 0 Å². The van der Waals surface area contributed by atoms with Gasteiger partial charge in [0.2, 0.25) is 0 Å². The highest BCUT2D eigenvalue weighted by atomic mass is 15.0. The van der Waals surface area contributed by atoms with Crippen LogP contribution in [0, 0.1) is 0 Å². The van der Waals surface area contributed by atoms with Gasteiger partial charge in [-0.25, -0.2) is 4.57 Å². The summed E-state index contributed by atoms with van der Waals surface area (Å²) in [6.07, 6.45) is 4.07. The van der Waals surface area contributed by atoms with Crippen LogP contribution in [0.5, 0.6) is 0 Å². The van der Waals surface area contributed by atoms with Gasteiger partial charge in [-0.3, -0.25) is 4.99 Å². The third kappa shape index (κ3) is 2.46. The van der Waals surface area contributed by atoms with Crippen LogP contribution in [0.3, 0.4) is 0 Å². The standard InChI is InChI=1S/C10H15N2/c1-10(2,11-3)9-12-7-5-4-6-8-12/h4-8H,3,9H2,1-2H3/q+1. The number of hydrogen-bond acceptors (Lipinski definition) is 1. The summed E-state index contributed by atoms with van der Waals surface area (Å²) in [6.45, 7) is 8.58. The molecule has 0 saturated carbocycles. The number of nitrogens with zero attached hydrogens (tertiary/aromatic N) is 2. The normalized spacial score (nSPS) is 11.2. The molecule has 0 saturated heterocycles. The molecule has 0 fully saturated rings. The average molecular weight is 163 g/mol. The lowest BCUT2D eigenvalue weighted by Gasteiger charge is -2.13. The van der Waals surface area contributed by atoms with Crippen LogP contribution in [0.25, 0.3) is 0 Å². The highest BCUT2D eigenvalue weighted by molar-refractivity contribution is 5.25. The van der Waals surface area contributed by atoms with Crippen molar-refractivity contribution >= 4 is 6.72 Å². The van der Waals surface area contributed by atoms with Crippen LogP contribution in [0.4, 0.5) is 0 Å². The van der Waals surface area contributed by atoms with Gasteiger partial charge in [0.15, 0.2) is 18.9 Å². The molecule has 2 nitrogen and oxygen atoms in total. The summed E-state index contributed by atoms with van der Waals surface area (Å²) in [7, 11) is 0. The van der Waals surface area contributed by atoms with Gasteiger partial charge in [-0.2, -0.15) is 0 Å². The van der Waals surface area contributed by atoms with Gasteiger partial charge < -0.3 is 0 Å². The first kappa shape index (κ1) is 8.91. The Morgan fingerprint density at radius 2 is 1.83 bits per heavy atom. The van der Waals surface area contributed by atoms with Crippen molar-refractivity contribution in [1.29, 1.82) is 0 Å². The van der Waals surface area contributed by atoms with Crippen molar-refractivity contribution in [2.45, 2.75) is 25.9 Å². The van der Waals surface area contributed by atoms with Crippen LogP contribution in [0.1, 0.15) is 13.8 Å². The van der Waals surface area contributed by atoms with Crippen molar-refractivity contribution < 1.29 is 4.57 Å². The molecule has 0 radical (unpaired) electrons. The van der Waals surface area contributed by atoms with E-state index in [0.29, 0.717) is 0 Å². The third-order valence-corrected chi connectivity index (χ3v) is 1.77. The molecule has 1 heterocycles. The molecule has 0 amide bonds. The van der Waals surface area contributed by atoms with Crippen molar-refractivity contribution in [3.63, 3.8) is 0 Å². The van der Waals surface area contributed by atoms with E-state index in [9.17, 15) is 0 Å². The van der Waals surface area contributed by atoms with Gasteiger partial charge >= 0.3 is 0 Å². The molecule has 12 heavy (non-hydrogen) atoms. The molecule has 0 aliphatic carbocycles. The zero-order chi connectivity index (χ0) is 9.03. The van der Waals surface area contributed by atoms with Crippen molar-refractivity contribution in [2.75, 3.05) is 0 Å². The number of pyridine rings is 1.